The van der Waals surface area contributed by atoms with Gasteiger partial charge in [-0.2, -0.15) is 0 Å². The minimum atomic E-state index is -0.444. The predicted molar refractivity (Wildman–Crippen MR) is 69.4 cm³/mol. The molecule has 1 fully saturated rings. The predicted octanol–water partition coefficient (Wildman–Crippen LogP) is 2.12. The monoisotopic (exact) mass is 262 g/mol. The fourth-order valence-corrected chi connectivity index (χ4v) is 2.10. The van der Waals surface area contributed by atoms with Crippen molar-refractivity contribution in [1.82, 2.24) is 0 Å². The van der Waals surface area contributed by atoms with Crippen LogP contribution in [-0.4, -0.2) is 25.0 Å². The molecule has 102 valence electrons. The molecule has 0 spiro atoms. The van der Waals surface area contributed by atoms with Gasteiger partial charge in [0.05, 0.1) is 0 Å². The molecule has 0 bridgehead atoms. The molecular weight excluding hydrogens is 244 g/mol. The second-order valence-electron chi connectivity index (χ2n) is 4.68. The third kappa shape index (κ3) is 4.48. The summed E-state index contributed by atoms with van der Waals surface area (Å²) >= 11 is 0. The zero-order valence-electron chi connectivity index (χ0n) is 10.8. The number of hydrogen-bond acceptors (Lipinski definition) is 4. The van der Waals surface area contributed by atoms with Crippen LogP contribution in [-0.2, 0) is 25.7 Å². The Morgan fingerprint density at radius 2 is 1.84 bits per heavy atom. The Morgan fingerprint density at radius 1 is 1.16 bits per heavy atom. The average Bonchev–Trinajstić information content (AvgIpc) is 2.47. The van der Waals surface area contributed by atoms with Crippen LogP contribution in [0.4, 0.5) is 0 Å². The molecule has 1 aromatic carbocycles. The van der Waals surface area contributed by atoms with Crippen LogP contribution in [0.5, 0.6) is 0 Å². The van der Waals surface area contributed by atoms with E-state index in [4.69, 9.17) is 9.47 Å². The molecule has 0 amide bonds. The van der Waals surface area contributed by atoms with E-state index in [1.165, 1.54) is 0 Å². The molecular formula is C15H18O4. The van der Waals surface area contributed by atoms with E-state index in [9.17, 15) is 9.59 Å². The molecule has 2 rings (SSSR count). The van der Waals surface area contributed by atoms with Crippen molar-refractivity contribution in [2.45, 2.75) is 25.9 Å². The zero-order chi connectivity index (χ0) is 13.5. The lowest BCUT2D eigenvalue weighted by Crippen LogP contribution is -2.25. The summed E-state index contributed by atoms with van der Waals surface area (Å²) in [5.41, 5.74) is 0.925. The summed E-state index contributed by atoms with van der Waals surface area (Å²) in [5.74, 6) is -0.514. The smallest absolute Gasteiger partial charge is 0.313 e. The highest BCUT2D eigenvalue weighted by Crippen LogP contribution is 2.17. The number of hydrogen-bond donors (Lipinski definition) is 0. The van der Waals surface area contributed by atoms with Gasteiger partial charge in [-0.25, -0.2) is 0 Å². The third-order valence-electron chi connectivity index (χ3n) is 3.24. The Kier molecular flexibility index (Phi) is 5.10. The van der Waals surface area contributed by atoms with Crippen molar-refractivity contribution in [3.63, 3.8) is 0 Å². The first-order chi connectivity index (χ1) is 9.25. The van der Waals surface area contributed by atoms with E-state index in [1.807, 2.05) is 30.3 Å². The first-order valence-electron chi connectivity index (χ1n) is 6.55. The molecule has 1 aromatic rings. The summed E-state index contributed by atoms with van der Waals surface area (Å²) in [5, 5.41) is 0. The molecule has 19 heavy (non-hydrogen) atoms. The van der Waals surface area contributed by atoms with Gasteiger partial charge in [-0.3, -0.25) is 9.59 Å². The Balaban J connectivity index is 1.73. The number of ether oxygens (including phenoxy) is 2. The Hall–Kier alpha value is -1.68. The molecule has 0 radical (unpaired) electrons. The molecule has 0 atom stereocenters. The van der Waals surface area contributed by atoms with E-state index in [2.05, 4.69) is 0 Å². The molecule has 1 aliphatic rings. The molecule has 0 saturated carbocycles. The van der Waals surface area contributed by atoms with E-state index in [-0.39, 0.29) is 24.7 Å². The maximum atomic E-state index is 11.9. The molecule has 0 aromatic heterocycles. The second-order valence-corrected chi connectivity index (χ2v) is 4.68. The molecule has 1 heterocycles. The summed E-state index contributed by atoms with van der Waals surface area (Å²) in [6, 6.07) is 9.44. The lowest BCUT2D eigenvalue weighted by molar-refractivity contribution is -0.148. The Labute approximate surface area is 112 Å². The molecule has 4 heteroatoms. The summed E-state index contributed by atoms with van der Waals surface area (Å²) in [6.07, 6.45) is 1.30. The van der Waals surface area contributed by atoms with Gasteiger partial charge >= 0.3 is 5.97 Å². The number of esters is 1. The lowest BCUT2D eigenvalue weighted by Gasteiger charge is -2.20. The maximum absolute atomic E-state index is 11.9. The van der Waals surface area contributed by atoms with Crippen LogP contribution in [0.15, 0.2) is 30.3 Å². The molecule has 0 N–H and O–H groups in total. The molecule has 4 nitrogen and oxygen atoms in total. The van der Waals surface area contributed by atoms with E-state index in [0.29, 0.717) is 26.1 Å². The SMILES string of the molecule is O=C(CC(=O)C1CCOCC1)OCc1ccccc1. The minimum Gasteiger partial charge on any atom is -0.460 e. The van der Waals surface area contributed by atoms with E-state index < -0.39 is 5.97 Å². The van der Waals surface area contributed by atoms with Gasteiger partial charge < -0.3 is 9.47 Å². The average molecular weight is 262 g/mol. The van der Waals surface area contributed by atoms with Gasteiger partial charge in [0.1, 0.15) is 18.8 Å². The lowest BCUT2D eigenvalue weighted by atomic mass is 9.94. The standard InChI is InChI=1S/C15H18O4/c16-14(13-6-8-18-9-7-13)10-15(17)19-11-12-4-2-1-3-5-12/h1-5,13H,6-11H2. The Bertz CT molecular complexity index is 421. The normalized spacial score (nSPS) is 16.0. The molecule has 0 unspecified atom stereocenters. The number of carbonyl (C=O) groups is 2. The van der Waals surface area contributed by atoms with Gasteiger partial charge in [0.2, 0.25) is 0 Å². The Morgan fingerprint density at radius 3 is 2.53 bits per heavy atom. The van der Waals surface area contributed by atoms with Crippen molar-refractivity contribution < 1.29 is 19.1 Å². The third-order valence-corrected chi connectivity index (χ3v) is 3.24. The highest BCUT2D eigenvalue weighted by Gasteiger charge is 2.23. The van der Waals surface area contributed by atoms with Crippen LogP contribution in [0.1, 0.15) is 24.8 Å². The fourth-order valence-electron chi connectivity index (χ4n) is 2.10. The molecule has 0 aliphatic carbocycles. The number of rotatable bonds is 5. The number of Topliss-reactive ketones (excluding diaryl/α,β-unsaturated/α-hetero) is 1. The highest BCUT2D eigenvalue weighted by molar-refractivity contribution is 5.96. The van der Waals surface area contributed by atoms with Crippen molar-refractivity contribution in [2.75, 3.05) is 13.2 Å². The van der Waals surface area contributed by atoms with Crippen molar-refractivity contribution in [3.8, 4) is 0 Å². The van der Waals surface area contributed by atoms with Crippen LogP contribution in [0.3, 0.4) is 0 Å². The van der Waals surface area contributed by atoms with Crippen molar-refractivity contribution >= 4 is 11.8 Å². The summed E-state index contributed by atoms with van der Waals surface area (Å²) in [6.45, 7) is 1.44. The van der Waals surface area contributed by atoms with Crippen molar-refractivity contribution in [2.24, 2.45) is 5.92 Å². The maximum Gasteiger partial charge on any atom is 0.313 e. The van der Waals surface area contributed by atoms with E-state index in [1.54, 1.807) is 0 Å². The number of benzene rings is 1. The van der Waals surface area contributed by atoms with Gasteiger partial charge in [0, 0.05) is 19.1 Å². The quantitative estimate of drug-likeness (QED) is 0.602. The zero-order valence-corrected chi connectivity index (χ0v) is 10.8. The summed E-state index contributed by atoms with van der Waals surface area (Å²) < 4.78 is 10.3. The van der Waals surface area contributed by atoms with Crippen LogP contribution < -0.4 is 0 Å². The van der Waals surface area contributed by atoms with Gasteiger partial charge in [-0.15, -0.1) is 0 Å². The largest absolute Gasteiger partial charge is 0.460 e. The summed E-state index contributed by atoms with van der Waals surface area (Å²) in [4.78, 5) is 23.5. The van der Waals surface area contributed by atoms with Crippen molar-refractivity contribution in [3.05, 3.63) is 35.9 Å². The van der Waals surface area contributed by atoms with Crippen LogP contribution >= 0.6 is 0 Å². The topological polar surface area (TPSA) is 52.6 Å². The van der Waals surface area contributed by atoms with Gasteiger partial charge in [-0.05, 0) is 18.4 Å². The van der Waals surface area contributed by atoms with Gasteiger partial charge in [-0.1, -0.05) is 30.3 Å². The van der Waals surface area contributed by atoms with Gasteiger partial charge in [0.25, 0.3) is 0 Å². The minimum absolute atomic E-state index is 0.0265. The van der Waals surface area contributed by atoms with Crippen LogP contribution in [0.2, 0.25) is 0 Å². The first-order valence-corrected chi connectivity index (χ1v) is 6.55. The number of carbonyl (C=O) groups excluding carboxylic acids is 2. The summed E-state index contributed by atoms with van der Waals surface area (Å²) in [7, 11) is 0. The van der Waals surface area contributed by atoms with E-state index >= 15 is 0 Å². The highest BCUT2D eigenvalue weighted by atomic mass is 16.5. The van der Waals surface area contributed by atoms with Crippen LogP contribution in [0.25, 0.3) is 0 Å². The van der Waals surface area contributed by atoms with Crippen LogP contribution in [0, 0.1) is 5.92 Å². The molecule has 1 aliphatic heterocycles. The number of ketones is 1. The first kappa shape index (κ1) is 13.7. The van der Waals surface area contributed by atoms with Crippen molar-refractivity contribution in [1.29, 1.82) is 0 Å². The fraction of sp³-hybridized carbons (Fsp3) is 0.467. The molecule has 1 saturated heterocycles. The second kappa shape index (κ2) is 7.04. The van der Waals surface area contributed by atoms with E-state index in [0.717, 1.165) is 5.56 Å². The van der Waals surface area contributed by atoms with Gasteiger partial charge in [0.15, 0.2) is 0 Å².